The number of anilines is 1. The summed E-state index contributed by atoms with van der Waals surface area (Å²) in [5, 5.41) is 20.7. The molecule has 2 aliphatic carbocycles. The zero-order valence-electron chi connectivity index (χ0n) is 22.2. The third-order valence-corrected chi connectivity index (χ3v) is 8.34. The van der Waals surface area contributed by atoms with Crippen LogP contribution in [0.25, 0.3) is 5.57 Å². The minimum atomic E-state index is -0.682. The van der Waals surface area contributed by atoms with Crippen molar-refractivity contribution >= 4 is 17.3 Å². The molecule has 3 fully saturated rings. The number of rotatable bonds is 9. The lowest BCUT2D eigenvalue weighted by Gasteiger charge is -2.43. The summed E-state index contributed by atoms with van der Waals surface area (Å²) < 4.78 is 5.15. The number of nitrogens with zero attached hydrogens (tertiary/aromatic N) is 5. The molecule has 37 heavy (non-hydrogen) atoms. The molecule has 1 unspecified atom stereocenters. The van der Waals surface area contributed by atoms with E-state index in [9.17, 15) is 15.2 Å². The van der Waals surface area contributed by atoms with Gasteiger partial charge < -0.3 is 19.6 Å². The number of methoxy groups -OCH3 is 1. The number of aliphatic hydroxyl groups excluding tert-OH is 1. The number of carbonyl (C=O) groups is 1. The van der Waals surface area contributed by atoms with Crippen LogP contribution in [0.3, 0.4) is 0 Å². The molecule has 8 nitrogen and oxygen atoms in total. The molecule has 1 aromatic rings. The predicted molar refractivity (Wildman–Crippen MR) is 143 cm³/mol. The highest BCUT2D eigenvalue weighted by Gasteiger charge is 2.42. The highest BCUT2D eigenvalue weighted by Crippen LogP contribution is 2.46. The molecule has 3 heterocycles. The van der Waals surface area contributed by atoms with Crippen molar-refractivity contribution in [3.63, 3.8) is 0 Å². The Bertz CT molecular complexity index is 1120. The largest absolute Gasteiger partial charge is 0.384 e. The molecule has 2 atom stereocenters. The fraction of sp³-hybridized carbons (Fsp3) is 0.621. The number of hydrogen-bond acceptors (Lipinski definition) is 7. The van der Waals surface area contributed by atoms with Gasteiger partial charge in [0.05, 0.1) is 30.3 Å². The van der Waals surface area contributed by atoms with E-state index in [0.29, 0.717) is 50.1 Å². The highest BCUT2D eigenvalue weighted by molar-refractivity contribution is 5.79. The molecule has 1 N–H and O–H groups in total. The summed E-state index contributed by atoms with van der Waals surface area (Å²) in [5.41, 5.74) is 4.95. The Morgan fingerprint density at radius 2 is 2.11 bits per heavy atom. The number of pyridine rings is 1. The first-order chi connectivity index (χ1) is 18.0. The Morgan fingerprint density at radius 1 is 1.32 bits per heavy atom. The van der Waals surface area contributed by atoms with E-state index in [1.807, 2.05) is 4.90 Å². The number of aliphatic hydroxyl groups is 1. The van der Waals surface area contributed by atoms with E-state index >= 15 is 0 Å². The van der Waals surface area contributed by atoms with Crippen molar-refractivity contribution in [3.05, 3.63) is 41.1 Å². The van der Waals surface area contributed by atoms with Crippen molar-refractivity contribution < 1.29 is 14.6 Å². The van der Waals surface area contributed by atoms with Crippen LogP contribution in [-0.4, -0.2) is 84.5 Å². The zero-order chi connectivity index (χ0) is 26.1. The van der Waals surface area contributed by atoms with Crippen molar-refractivity contribution in [1.29, 1.82) is 5.26 Å². The molecule has 1 amide bonds. The summed E-state index contributed by atoms with van der Waals surface area (Å²) in [7, 11) is 1.63. The molecule has 8 heteroatoms. The zero-order valence-corrected chi connectivity index (χ0v) is 22.2. The molecular formula is C29H39N5O3. The summed E-state index contributed by atoms with van der Waals surface area (Å²) in [6.45, 7) is 9.68. The van der Waals surface area contributed by atoms with Gasteiger partial charge in [0.2, 0.25) is 5.91 Å². The smallest absolute Gasteiger partial charge is 0.225 e. The van der Waals surface area contributed by atoms with E-state index < -0.39 is 6.23 Å². The Morgan fingerprint density at radius 3 is 2.76 bits per heavy atom. The van der Waals surface area contributed by atoms with E-state index in [-0.39, 0.29) is 11.9 Å². The topological polar surface area (TPSA) is 92.9 Å². The molecule has 4 aliphatic rings. The second-order valence-corrected chi connectivity index (χ2v) is 10.9. The maximum Gasteiger partial charge on any atom is 0.225 e. The quantitative estimate of drug-likeness (QED) is 0.515. The van der Waals surface area contributed by atoms with Crippen LogP contribution in [0.2, 0.25) is 0 Å². The van der Waals surface area contributed by atoms with Gasteiger partial charge in [0.1, 0.15) is 18.1 Å². The first kappa shape index (κ1) is 25.9. The summed E-state index contributed by atoms with van der Waals surface area (Å²) in [6, 6.07) is 2.64. The molecule has 0 aromatic carbocycles. The minimum absolute atomic E-state index is 0.158. The van der Waals surface area contributed by atoms with E-state index in [4.69, 9.17) is 9.72 Å². The van der Waals surface area contributed by atoms with Gasteiger partial charge in [0.25, 0.3) is 0 Å². The summed E-state index contributed by atoms with van der Waals surface area (Å²) in [5.74, 6) is 1.88. The number of aromatic nitrogens is 1. The lowest BCUT2D eigenvalue weighted by Crippen LogP contribution is -2.56. The summed E-state index contributed by atoms with van der Waals surface area (Å²) >= 11 is 0. The van der Waals surface area contributed by atoms with Crippen molar-refractivity contribution in [2.45, 2.75) is 63.6 Å². The van der Waals surface area contributed by atoms with Gasteiger partial charge in [-0.1, -0.05) is 12.7 Å². The standard InChI is InChI=1S/C29H39N5O3/c1-4-25(35)32-12-5-6-22(17-32)27-19(2)23(16-30)29(31-28(27)21-9-10-21)33-13-14-34(26(36)11-15-37-3)24(18-33)20-7-8-20/h4,6,20-21,24-25,35H,1,5,7-15,17-18H2,2-3H3/t24-,25?/m0/s1. The average Bonchev–Trinajstić information content (AvgIpc) is 3.84. The van der Waals surface area contributed by atoms with Gasteiger partial charge in [0.15, 0.2) is 0 Å². The Kier molecular flexibility index (Phi) is 7.66. The third kappa shape index (κ3) is 5.31. The van der Waals surface area contributed by atoms with Gasteiger partial charge in [-0.2, -0.15) is 5.26 Å². The van der Waals surface area contributed by atoms with Gasteiger partial charge in [-0.05, 0) is 62.2 Å². The Balaban J connectivity index is 1.47. The molecule has 0 bridgehead atoms. The monoisotopic (exact) mass is 505 g/mol. The molecule has 0 radical (unpaired) electrons. The molecule has 5 rings (SSSR count). The predicted octanol–water partition coefficient (Wildman–Crippen LogP) is 3.20. The molecule has 2 aliphatic heterocycles. The third-order valence-electron chi connectivity index (χ3n) is 8.34. The lowest BCUT2D eigenvalue weighted by atomic mass is 9.90. The van der Waals surface area contributed by atoms with E-state index in [1.54, 1.807) is 13.2 Å². The van der Waals surface area contributed by atoms with E-state index in [2.05, 4.69) is 35.4 Å². The van der Waals surface area contributed by atoms with Gasteiger partial charge >= 0.3 is 0 Å². The highest BCUT2D eigenvalue weighted by atomic mass is 16.5. The second-order valence-electron chi connectivity index (χ2n) is 10.9. The average molecular weight is 506 g/mol. The van der Waals surface area contributed by atoms with E-state index in [0.717, 1.165) is 73.4 Å². The van der Waals surface area contributed by atoms with Crippen molar-refractivity contribution in [1.82, 2.24) is 14.8 Å². The number of piperazine rings is 1. The van der Waals surface area contributed by atoms with Crippen LogP contribution in [0.5, 0.6) is 0 Å². The van der Waals surface area contributed by atoms with Crippen LogP contribution in [0, 0.1) is 24.2 Å². The normalized spacial score (nSPS) is 23.4. The lowest BCUT2D eigenvalue weighted by molar-refractivity contribution is -0.135. The summed E-state index contributed by atoms with van der Waals surface area (Å²) in [6.07, 6.45) is 8.91. The Labute approximate surface area is 220 Å². The van der Waals surface area contributed by atoms with E-state index in [1.165, 1.54) is 0 Å². The van der Waals surface area contributed by atoms with Crippen molar-refractivity contribution in [3.8, 4) is 6.07 Å². The van der Waals surface area contributed by atoms with Gasteiger partial charge in [-0.25, -0.2) is 4.98 Å². The number of hydrogen-bond donors (Lipinski definition) is 1. The molecule has 1 aromatic heterocycles. The minimum Gasteiger partial charge on any atom is -0.384 e. The molecule has 1 saturated heterocycles. The van der Waals surface area contributed by atoms with Gasteiger partial charge in [-0.15, -0.1) is 0 Å². The van der Waals surface area contributed by atoms with Crippen LogP contribution < -0.4 is 4.90 Å². The van der Waals surface area contributed by atoms with Crippen molar-refractivity contribution in [2.24, 2.45) is 5.92 Å². The first-order valence-corrected chi connectivity index (χ1v) is 13.7. The van der Waals surface area contributed by atoms with Crippen molar-refractivity contribution in [2.75, 3.05) is 51.3 Å². The van der Waals surface area contributed by atoms with Gasteiger partial charge in [-0.3, -0.25) is 9.69 Å². The first-order valence-electron chi connectivity index (χ1n) is 13.7. The maximum atomic E-state index is 12.9. The maximum absolute atomic E-state index is 12.9. The molecule has 0 spiro atoms. The van der Waals surface area contributed by atoms with Crippen LogP contribution in [-0.2, 0) is 9.53 Å². The SMILES string of the molecule is C=CC(O)N1CCC=C(c2c(C3CC3)nc(N3CCN(C(=O)CCOC)[C@H](C4CC4)C3)c(C#N)c2C)C1. The summed E-state index contributed by atoms with van der Waals surface area (Å²) in [4.78, 5) is 24.5. The fourth-order valence-corrected chi connectivity index (χ4v) is 5.98. The molecular weight excluding hydrogens is 466 g/mol. The van der Waals surface area contributed by atoms with Crippen LogP contribution in [0.15, 0.2) is 18.7 Å². The number of nitriles is 1. The van der Waals surface area contributed by atoms with Crippen LogP contribution in [0.4, 0.5) is 5.82 Å². The fourth-order valence-electron chi connectivity index (χ4n) is 5.98. The molecule has 198 valence electrons. The van der Waals surface area contributed by atoms with Crippen LogP contribution >= 0.6 is 0 Å². The number of ether oxygens (including phenoxy) is 1. The van der Waals surface area contributed by atoms with Crippen LogP contribution in [0.1, 0.15) is 66.8 Å². The number of amides is 1. The van der Waals surface area contributed by atoms with Gasteiger partial charge in [0, 0.05) is 51.3 Å². The second kappa shape index (κ2) is 10.9. The number of carbonyl (C=O) groups excluding carboxylic acids is 1. The molecule has 2 saturated carbocycles. The Hall–Kier alpha value is -2.73.